The van der Waals surface area contributed by atoms with Crippen molar-refractivity contribution in [2.24, 2.45) is 0 Å². The molecule has 0 N–H and O–H groups in total. The van der Waals surface area contributed by atoms with Crippen molar-refractivity contribution in [3.8, 4) is 17.2 Å². The molecule has 1 aliphatic heterocycles. The molecule has 0 fully saturated rings. The lowest BCUT2D eigenvalue weighted by Gasteiger charge is -2.23. The summed E-state index contributed by atoms with van der Waals surface area (Å²) in [6.45, 7) is 7.19. The van der Waals surface area contributed by atoms with Crippen molar-refractivity contribution in [1.29, 1.82) is 0 Å². The van der Waals surface area contributed by atoms with Crippen LogP contribution < -0.4 is 14.2 Å². The highest BCUT2D eigenvalue weighted by Gasteiger charge is 2.22. The number of rotatable bonds is 7. The average Bonchev–Trinajstić information content (AvgIpc) is 3.45. The van der Waals surface area contributed by atoms with Gasteiger partial charge in [0.05, 0.1) is 16.8 Å². The van der Waals surface area contributed by atoms with E-state index in [-0.39, 0.29) is 19.3 Å². The molecular formula is C27H26N2O5. The molecule has 34 heavy (non-hydrogen) atoms. The molecule has 3 aromatic carbocycles. The van der Waals surface area contributed by atoms with Crippen LogP contribution in [0.3, 0.4) is 0 Å². The number of hydrogen-bond acceptors (Lipinski definition) is 6. The van der Waals surface area contributed by atoms with Crippen LogP contribution in [0.2, 0.25) is 0 Å². The lowest BCUT2D eigenvalue weighted by Crippen LogP contribution is -2.30. The zero-order valence-electron chi connectivity index (χ0n) is 19.5. The van der Waals surface area contributed by atoms with E-state index in [1.165, 1.54) is 0 Å². The Kier molecular flexibility index (Phi) is 5.84. The highest BCUT2D eigenvalue weighted by Crippen LogP contribution is 2.33. The van der Waals surface area contributed by atoms with Crippen molar-refractivity contribution in [2.45, 2.75) is 33.9 Å². The van der Waals surface area contributed by atoms with Gasteiger partial charge in [-0.3, -0.25) is 4.79 Å². The number of hydrogen-bond donors (Lipinski definition) is 0. The quantitative estimate of drug-likeness (QED) is 0.368. The van der Waals surface area contributed by atoms with Gasteiger partial charge in [-0.1, -0.05) is 35.5 Å². The molecule has 0 atom stereocenters. The first kappa shape index (κ1) is 21.8. The van der Waals surface area contributed by atoms with Crippen LogP contribution in [0.25, 0.3) is 10.8 Å². The fourth-order valence-corrected chi connectivity index (χ4v) is 4.12. The molecule has 4 aromatic rings. The first-order valence-electron chi connectivity index (χ1n) is 11.3. The molecule has 0 bridgehead atoms. The van der Waals surface area contributed by atoms with Gasteiger partial charge in [0.1, 0.15) is 18.1 Å². The van der Waals surface area contributed by atoms with Crippen LogP contribution in [0, 0.1) is 13.8 Å². The second kappa shape index (κ2) is 9.09. The van der Waals surface area contributed by atoms with Gasteiger partial charge in [0.15, 0.2) is 11.5 Å². The summed E-state index contributed by atoms with van der Waals surface area (Å²) in [5.41, 5.74) is 3.16. The normalized spacial score (nSPS) is 12.2. The Labute approximate surface area is 197 Å². The second-order valence-corrected chi connectivity index (χ2v) is 8.29. The number of carbonyl (C=O) groups is 1. The van der Waals surface area contributed by atoms with Gasteiger partial charge in [0, 0.05) is 13.1 Å². The standard InChI is InChI=1S/C27H26N2O5/c1-4-29(14-19-9-10-24-26(11-19)33-16-32-24)27(30)22-12-20-7-5-6-8-21(20)13-25(22)31-15-23-17(2)28-34-18(23)3/h5-13H,4,14-16H2,1-3H3. The predicted octanol–water partition coefficient (Wildman–Crippen LogP) is 5.41. The van der Waals surface area contributed by atoms with Crippen LogP contribution in [0.5, 0.6) is 17.2 Å². The number of aryl methyl sites for hydroxylation is 2. The molecule has 0 aliphatic carbocycles. The maximum Gasteiger partial charge on any atom is 0.257 e. The number of nitrogens with zero attached hydrogens (tertiary/aromatic N) is 2. The number of amides is 1. The molecule has 0 saturated heterocycles. The fraction of sp³-hybridized carbons (Fsp3) is 0.259. The fourth-order valence-electron chi connectivity index (χ4n) is 4.12. The summed E-state index contributed by atoms with van der Waals surface area (Å²) >= 11 is 0. The van der Waals surface area contributed by atoms with Gasteiger partial charge in [-0.05, 0) is 61.4 Å². The van der Waals surface area contributed by atoms with Crippen molar-refractivity contribution in [3.05, 3.63) is 82.7 Å². The summed E-state index contributed by atoms with van der Waals surface area (Å²) in [6, 6.07) is 17.5. The van der Waals surface area contributed by atoms with Crippen LogP contribution in [-0.2, 0) is 13.2 Å². The van der Waals surface area contributed by atoms with E-state index in [0.29, 0.717) is 35.9 Å². The molecule has 0 saturated carbocycles. The first-order valence-corrected chi connectivity index (χ1v) is 11.3. The number of aromatic nitrogens is 1. The topological polar surface area (TPSA) is 74.0 Å². The third-order valence-electron chi connectivity index (χ3n) is 6.11. The van der Waals surface area contributed by atoms with Gasteiger partial charge in [-0.15, -0.1) is 0 Å². The van der Waals surface area contributed by atoms with Gasteiger partial charge < -0.3 is 23.6 Å². The maximum absolute atomic E-state index is 13.7. The van der Waals surface area contributed by atoms with Crippen molar-refractivity contribution in [2.75, 3.05) is 13.3 Å². The van der Waals surface area contributed by atoms with Crippen molar-refractivity contribution in [1.82, 2.24) is 10.1 Å². The van der Waals surface area contributed by atoms with E-state index < -0.39 is 0 Å². The minimum atomic E-state index is -0.0975. The number of fused-ring (bicyclic) bond motifs is 2. The molecule has 7 nitrogen and oxygen atoms in total. The number of carbonyl (C=O) groups excluding carboxylic acids is 1. The Morgan fingerprint density at radius 1 is 1.03 bits per heavy atom. The zero-order valence-corrected chi connectivity index (χ0v) is 19.5. The Morgan fingerprint density at radius 3 is 2.53 bits per heavy atom. The molecule has 1 aliphatic rings. The molecule has 0 spiro atoms. The minimum Gasteiger partial charge on any atom is -0.488 e. The molecule has 0 radical (unpaired) electrons. The summed E-state index contributed by atoms with van der Waals surface area (Å²) in [7, 11) is 0. The third kappa shape index (κ3) is 4.17. The SMILES string of the molecule is CCN(Cc1ccc2c(c1)OCO2)C(=O)c1cc2ccccc2cc1OCc1c(C)noc1C. The predicted molar refractivity (Wildman–Crippen MR) is 127 cm³/mol. The van der Waals surface area contributed by atoms with Crippen molar-refractivity contribution < 1.29 is 23.5 Å². The van der Waals surface area contributed by atoms with E-state index in [1.807, 2.05) is 75.4 Å². The Balaban J connectivity index is 1.46. The molecule has 174 valence electrons. The van der Waals surface area contributed by atoms with E-state index in [0.717, 1.165) is 33.3 Å². The zero-order chi connectivity index (χ0) is 23.7. The smallest absolute Gasteiger partial charge is 0.257 e. The molecule has 2 heterocycles. The van der Waals surface area contributed by atoms with Crippen LogP contribution in [-0.4, -0.2) is 29.3 Å². The number of benzene rings is 3. The summed E-state index contributed by atoms with van der Waals surface area (Å²) in [6.07, 6.45) is 0. The summed E-state index contributed by atoms with van der Waals surface area (Å²) < 4.78 is 22.4. The summed E-state index contributed by atoms with van der Waals surface area (Å²) in [5, 5.41) is 5.99. The van der Waals surface area contributed by atoms with Crippen molar-refractivity contribution >= 4 is 16.7 Å². The van der Waals surface area contributed by atoms with Crippen LogP contribution in [0.4, 0.5) is 0 Å². The van der Waals surface area contributed by atoms with Crippen LogP contribution in [0.1, 0.15) is 39.9 Å². The molecule has 5 rings (SSSR count). The molecule has 1 aromatic heterocycles. The van der Waals surface area contributed by atoms with Gasteiger partial charge in [-0.2, -0.15) is 0 Å². The minimum absolute atomic E-state index is 0.0975. The first-order chi connectivity index (χ1) is 16.5. The summed E-state index contributed by atoms with van der Waals surface area (Å²) in [5.74, 6) is 2.58. The molecule has 1 amide bonds. The third-order valence-corrected chi connectivity index (χ3v) is 6.11. The van der Waals surface area contributed by atoms with E-state index >= 15 is 0 Å². The Bertz CT molecular complexity index is 1340. The van der Waals surface area contributed by atoms with Crippen LogP contribution in [0.15, 0.2) is 59.1 Å². The highest BCUT2D eigenvalue weighted by atomic mass is 16.7. The number of ether oxygens (including phenoxy) is 3. The second-order valence-electron chi connectivity index (χ2n) is 8.29. The van der Waals surface area contributed by atoms with Gasteiger partial charge in [0.2, 0.25) is 6.79 Å². The van der Waals surface area contributed by atoms with Gasteiger partial charge in [-0.25, -0.2) is 0 Å². The van der Waals surface area contributed by atoms with Crippen molar-refractivity contribution in [3.63, 3.8) is 0 Å². The van der Waals surface area contributed by atoms with E-state index in [4.69, 9.17) is 18.7 Å². The highest BCUT2D eigenvalue weighted by molar-refractivity contribution is 6.01. The summed E-state index contributed by atoms with van der Waals surface area (Å²) in [4.78, 5) is 15.5. The monoisotopic (exact) mass is 458 g/mol. The largest absolute Gasteiger partial charge is 0.488 e. The molecule has 0 unspecified atom stereocenters. The lowest BCUT2D eigenvalue weighted by atomic mass is 10.0. The Morgan fingerprint density at radius 2 is 1.79 bits per heavy atom. The van der Waals surface area contributed by atoms with E-state index in [1.54, 1.807) is 4.90 Å². The molecular weight excluding hydrogens is 432 g/mol. The lowest BCUT2D eigenvalue weighted by molar-refractivity contribution is 0.0747. The average molecular weight is 459 g/mol. The van der Waals surface area contributed by atoms with E-state index in [9.17, 15) is 4.79 Å². The van der Waals surface area contributed by atoms with E-state index in [2.05, 4.69) is 5.16 Å². The van der Waals surface area contributed by atoms with Crippen LogP contribution >= 0.6 is 0 Å². The van der Waals surface area contributed by atoms with Gasteiger partial charge in [0.25, 0.3) is 5.91 Å². The maximum atomic E-state index is 13.7. The van der Waals surface area contributed by atoms with Gasteiger partial charge >= 0.3 is 0 Å². The molecule has 7 heteroatoms. The Hall–Kier alpha value is -4.00.